The number of nitrogens with one attached hydrogen (secondary N) is 1. The smallest absolute Gasteiger partial charge is 0.237 e. The Labute approximate surface area is 123 Å². The van der Waals surface area contributed by atoms with Crippen LogP contribution in [0.25, 0.3) is 0 Å². The minimum absolute atomic E-state index is 0.139. The standard InChI is InChI=1S/C15H19N3OS/c1-2-14-18-12(10-20-14)9-17-15(19)13(16)8-11-6-4-3-5-7-11/h3-7,10,13H,2,8-9,16H2,1H3,(H,17,19)/t13-/m0/s1. The Kier molecular flexibility index (Phi) is 5.26. The highest BCUT2D eigenvalue weighted by atomic mass is 32.1. The summed E-state index contributed by atoms with van der Waals surface area (Å²) in [6.45, 7) is 2.51. The highest BCUT2D eigenvalue weighted by Crippen LogP contribution is 2.10. The molecule has 0 aliphatic heterocycles. The molecule has 0 aliphatic carbocycles. The van der Waals surface area contributed by atoms with Gasteiger partial charge in [0.15, 0.2) is 0 Å². The van der Waals surface area contributed by atoms with Crippen LogP contribution in [0, 0.1) is 0 Å². The lowest BCUT2D eigenvalue weighted by atomic mass is 10.1. The fourth-order valence-corrected chi connectivity index (χ4v) is 2.61. The summed E-state index contributed by atoms with van der Waals surface area (Å²) in [6.07, 6.45) is 1.47. The number of aryl methyl sites for hydroxylation is 1. The first-order valence-corrected chi connectivity index (χ1v) is 7.57. The predicted octanol–water partition coefficient (Wildman–Crippen LogP) is 1.89. The van der Waals surface area contributed by atoms with Gasteiger partial charge in [-0.3, -0.25) is 4.79 Å². The van der Waals surface area contributed by atoms with E-state index in [1.54, 1.807) is 11.3 Å². The molecule has 4 nitrogen and oxygen atoms in total. The second-order valence-electron chi connectivity index (χ2n) is 4.60. The minimum Gasteiger partial charge on any atom is -0.349 e. The number of thiazole rings is 1. The van der Waals surface area contributed by atoms with Crippen LogP contribution in [0.4, 0.5) is 0 Å². The molecule has 0 saturated carbocycles. The first kappa shape index (κ1) is 14.7. The summed E-state index contributed by atoms with van der Waals surface area (Å²) >= 11 is 1.62. The summed E-state index contributed by atoms with van der Waals surface area (Å²) in [7, 11) is 0. The second-order valence-corrected chi connectivity index (χ2v) is 5.54. The Morgan fingerprint density at radius 3 is 2.80 bits per heavy atom. The average molecular weight is 289 g/mol. The maximum atomic E-state index is 11.9. The predicted molar refractivity (Wildman–Crippen MR) is 81.5 cm³/mol. The molecule has 3 N–H and O–H groups in total. The lowest BCUT2D eigenvalue weighted by Gasteiger charge is -2.11. The third-order valence-electron chi connectivity index (χ3n) is 2.98. The second kappa shape index (κ2) is 7.17. The number of aromatic nitrogens is 1. The van der Waals surface area contributed by atoms with Gasteiger partial charge in [-0.25, -0.2) is 4.98 Å². The van der Waals surface area contributed by atoms with Crippen LogP contribution in [0.5, 0.6) is 0 Å². The number of benzene rings is 1. The molecule has 106 valence electrons. The van der Waals surface area contributed by atoms with Crippen molar-refractivity contribution in [2.75, 3.05) is 0 Å². The van der Waals surface area contributed by atoms with Gasteiger partial charge in [0.1, 0.15) is 0 Å². The van der Waals surface area contributed by atoms with Crippen LogP contribution >= 0.6 is 11.3 Å². The number of carbonyl (C=O) groups excluding carboxylic acids is 1. The highest BCUT2D eigenvalue weighted by Gasteiger charge is 2.14. The van der Waals surface area contributed by atoms with Crippen molar-refractivity contribution >= 4 is 17.2 Å². The molecule has 20 heavy (non-hydrogen) atoms. The number of hydrogen-bond acceptors (Lipinski definition) is 4. The number of hydrogen-bond donors (Lipinski definition) is 2. The molecule has 0 radical (unpaired) electrons. The third kappa shape index (κ3) is 4.15. The maximum absolute atomic E-state index is 11.9. The van der Waals surface area contributed by atoms with Crippen LogP contribution in [0.1, 0.15) is 23.2 Å². The lowest BCUT2D eigenvalue weighted by molar-refractivity contribution is -0.122. The van der Waals surface area contributed by atoms with Gasteiger partial charge in [0, 0.05) is 5.38 Å². The van der Waals surface area contributed by atoms with Gasteiger partial charge < -0.3 is 11.1 Å². The number of amides is 1. The molecular formula is C15H19N3OS. The summed E-state index contributed by atoms with van der Waals surface area (Å²) < 4.78 is 0. The van der Waals surface area contributed by atoms with Gasteiger partial charge in [0.2, 0.25) is 5.91 Å². The van der Waals surface area contributed by atoms with Crippen LogP contribution in [-0.2, 0) is 24.2 Å². The van der Waals surface area contributed by atoms with Gasteiger partial charge in [-0.05, 0) is 18.4 Å². The van der Waals surface area contributed by atoms with Gasteiger partial charge >= 0.3 is 0 Å². The fraction of sp³-hybridized carbons (Fsp3) is 0.333. The van der Waals surface area contributed by atoms with E-state index in [1.165, 1.54) is 0 Å². The van der Waals surface area contributed by atoms with Crippen molar-refractivity contribution in [1.82, 2.24) is 10.3 Å². The Balaban J connectivity index is 1.82. The van der Waals surface area contributed by atoms with E-state index < -0.39 is 6.04 Å². The van der Waals surface area contributed by atoms with E-state index in [-0.39, 0.29) is 5.91 Å². The van der Waals surface area contributed by atoms with Crippen LogP contribution in [0.15, 0.2) is 35.7 Å². The first-order chi connectivity index (χ1) is 9.69. The normalized spacial score (nSPS) is 12.1. The van der Waals surface area contributed by atoms with Crippen LogP contribution < -0.4 is 11.1 Å². The Morgan fingerprint density at radius 1 is 1.40 bits per heavy atom. The number of nitrogens with two attached hydrogens (primary N) is 1. The molecule has 1 aromatic carbocycles. The quantitative estimate of drug-likeness (QED) is 0.853. The minimum atomic E-state index is -0.526. The molecule has 2 rings (SSSR count). The summed E-state index contributed by atoms with van der Waals surface area (Å²) in [5.41, 5.74) is 7.88. The fourth-order valence-electron chi connectivity index (χ4n) is 1.86. The zero-order chi connectivity index (χ0) is 14.4. The molecule has 0 aliphatic rings. The topological polar surface area (TPSA) is 68.0 Å². The summed E-state index contributed by atoms with van der Waals surface area (Å²) in [5.74, 6) is -0.139. The molecule has 0 saturated heterocycles. The summed E-state index contributed by atoms with van der Waals surface area (Å²) in [5, 5.41) is 5.90. The number of rotatable bonds is 6. The molecule has 2 aromatic rings. The van der Waals surface area contributed by atoms with Crippen molar-refractivity contribution in [2.45, 2.75) is 32.4 Å². The Bertz CT molecular complexity index is 553. The Hall–Kier alpha value is -1.72. The van der Waals surface area contributed by atoms with Crippen LogP contribution in [-0.4, -0.2) is 16.9 Å². The van der Waals surface area contributed by atoms with Gasteiger partial charge in [-0.15, -0.1) is 11.3 Å². The van der Waals surface area contributed by atoms with E-state index in [1.807, 2.05) is 35.7 Å². The molecule has 1 amide bonds. The van der Waals surface area contributed by atoms with Gasteiger partial charge in [-0.2, -0.15) is 0 Å². The molecule has 1 atom stereocenters. The van der Waals surface area contributed by atoms with Crippen molar-refractivity contribution in [1.29, 1.82) is 0 Å². The van der Waals surface area contributed by atoms with Gasteiger partial charge in [-0.1, -0.05) is 37.3 Å². The van der Waals surface area contributed by atoms with Gasteiger partial charge in [0.05, 0.1) is 23.3 Å². The van der Waals surface area contributed by atoms with Crippen LogP contribution in [0.3, 0.4) is 0 Å². The zero-order valence-electron chi connectivity index (χ0n) is 11.5. The van der Waals surface area contributed by atoms with Crippen molar-refractivity contribution in [3.8, 4) is 0 Å². The van der Waals surface area contributed by atoms with E-state index >= 15 is 0 Å². The molecule has 0 unspecified atom stereocenters. The van der Waals surface area contributed by atoms with E-state index in [0.29, 0.717) is 13.0 Å². The molecular weight excluding hydrogens is 270 g/mol. The summed E-state index contributed by atoms with van der Waals surface area (Å²) in [6, 6.07) is 9.26. The molecule has 1 heterocycles. The lowest BCUT2D eigenvalue weighted by Crippen LogP contribution is -2.41. The van der Waals surface area contributed by atoms with E-state index in [4.69, 9.17) is 5.73 Å². The summed E-state index contributed by atoms with van der Waals surface area (Å²) in [4.78, 5) is 16.3. The van der Waals surface area contributed by atoms with Crippen molar-refractivity contribution in [3.05, 3.63) is 52.0 Å². The third-order valence-corrected chi connectivity index (χ3v) is 4.02. The largest absolute Gasteiger partial charge is 0.349 e. The SMILES string of the molecule is CCc1nc(CNC(=O)[C@@H](N)Cc2ccccc2)cs1. The molecule has 1 aromatic heterocycles. The Morgan fingerprint density at radius 2 is 2.15 bits per heavy atom. The van der Waals surface area contributed by atoms with E-state index in [9.17, 15) is 4.79 Å². The number of carbonyl (C=O) groups is 1. The molecule has 0 bridgehead atoms. The first-order valence-electron chi connectivity index (χ1n) is 6.69. The van der Waals surface area contributed by atoms with Crippen molar-refractivity contribution < 1.29 is 4.79 Å². The monoisotopic (exact) mass is 289 g/mol. The van der Waals surface area contributed by atoms with Crippen molar-refractivity contribution in [2.24, 2.45) is 5.73 Å². The zero-order valence-corrected chi connectivity index (χ0v) is 12.3. The maximum Gasteiger partial charge on any atom is 0.237 e. The van der Waals surface area contributed by atoms with E-state index in [0.717, 1.165) is 22.7 Å². The molecule has 0 fully saturated rings. The van der Waals surface area contributed by atoms with Crippen molar-refractivity contribution in [3.63, 3.8) is 0 Å². The number of nitrogens with zero attached hydrogens (tertiary/aromatic N) is 1. The van der Waals surface area contributed by atoms with E-state index in [2.05, 4.69) is 17.2 Å². The molecule has 5 heteroatoms. The molecule has 0 spiro atoms. The average Bonchev–Trinajstić information content (AvgIpc) is 2.93. The van der Waals surface area contributed by atoms with Crippen LogP contribution in [0.2, 0.25) is 0 Å². The van der Waals surface area contributed by atoms with Gasteiger partial charge in [0.25, 0.3) is 0 Å². The highest BCUT2D eigenvalue weighted by molar-refractivity contribution is 7.09.